The van der Waals surface area contributed by atoms with Crippen LogP contribution in [0.25, 0.3) is 0 Å². The number of nitrogens with zero attached hydrogens (tertiary/aromatic N) is 2. The van der Waals surface area contributed by atoms with Gasteiger partial charge in [0.1, 0.15) is 5.75 Å². The summed E-state index contributed by atoms with van der Waals surface area (Å²) in [6.07, 6.45) is 4.86. The van der Waals surface area contributed by atoms with Crippen molar-refractivity contribution in [2.24, 2.45) is 0 Å². The van der Waals surface area contributed by atoms with Gasteiger partial charge < -0.3 is 15.0 Å². The number of hydrogen-bond acceptors (Lipinski definition) is 4. The van der Waals surface area contributed by atoms with Gasteiger partial charge in [-0.1, -0.05) is 0 Å². The second-order valence-electron chi connectivity index (χ2n) is 3.90. The summed E-state index contributed by atoms with van der Waals surface area (Å²) in [6, 6.07) is 2.07. The fourth-order valence-electron chi connectivity index (χ4n) is 1.93. The summed E-state index contributed by atoms with van der Waals surface area (Å²) < 4.78 is 5.46. The lowest BCUT2D eigenvalue weighted by Gasteiger charge is -2.22. The average Bonchev–Trinajstić information content (AvgIpc) is 2.58. The highest BCUT2D eigenvalue weighted by Crippen LogP contribution is 2.19. The van der Waals surface area contributed by atoms with Crippen LogP contribution >= 0.6 is 0 Å². The largest absolute Gasteiger partial charge is 0.492 e. The lowest BCUT2D eigenvalue weighted by Crippen LogP contribution is -2.27. The van der Waals surface area contributed by atoms with Gasteiger partial charge in [0.25, 0.3) is 0 Å². The molecular formula is C12H19N3O. The van der Waals surface area contributed by atoms with Crippen LogP contribution in [0.1, 0.15) is 13.3 Å². The fraction of sp³-hybridized carbons (Fsp3) is 0.583. The predicted octanol–water partition coefficient (Wildman–Crippen LogP) is 1.28. The summed E-state index contributed by atoms with van der Waals surface area (Å²) in [6.45, 7) is 6.95. The molecule has 0 saturated carbocycles. The van der Waals surface area contributed by atoms with Gasteiger partial charge in [0.15, 0.2) is 0 Å². The minimum absolute atomic E-state index is 0.687. The van der Waals surface area contributed by atoms with Crippen LogP contribution in [0.3, 0.4) is 0 Å². The number of pyridine rings is 1. The van der Waals surface area contributed by atoms with Crippen LogP contribution in [0.5, 0.6) is 5.75 Å². The number of hydrogen-bond donors (Lipinski definition) is 1. The molecule has 1 saturated heterocycles. The zero-order chi connectivity index (χ0) is 11.2. The summed E-state index contributed by atoms with van der Waals surface area (Å²) >= 11 is 0. The van der Waals surface area contributed by atoms with E-state index in [0.717, 1.165) is 37.6 Å². The Labute approximate surface area is 96.6 Å². The van der Waals surface area contributed by atoms with Crippen molar-refractivity contribution in [2.75, 3.05) is 37.7 Å². The van der Waals surface area contributed by atoms with E-state index in [1.54, 1.807) is 6.20 Å². The van der Waals surface area contributed by atoms with E-state index in [-0.39, 0.29) is 0 Å². The zero-order valence-corrected chi connectivity index (χ0v) is 9.78. The minimum atomic E-state index is 0.687. The van der Waals surface area contributed by atoms with Gasteiger partial charge in [0, 0.05) is 25.7 Å². The Morgan fingerprint density at radius 1 is 1.38 bits per heavy atom. The van der Waals surface area contributed by atoms with Crippen molar-refractivity contribution < 1.29 is 4.74 Å². The molecule has 0 unspecified atom stereocenters. The predicted molar refractivity (Wildman–Crippen MR) is 65.1 cm³/mol. The van der Waals surface area contributed by atoms with Crippen LogP contribution in [0.4, 0.5) is 5.69 Å². The summed E-state index contributed by atoms with van der Waals surface area (Å²) in [4.78, 5) is 6.58. The molecule has 1 aromatic rings. The number of rotatable bonds is 3. The van der Waals surface area contributed by atoms with Crippen molar-refractivity contribution in [3.63, 3.8) is 0 Å². The standard InChI is InChI=1S/C12H19N3O/c1-2-16-12-8-11(9-14-10-12)15-6-3-4-13-5-7-15/h8-10,13H,2-7H2,1H3. The molecule has 0 radical (unpaired) electrons. The first-order valence-corrected chi connectivity index (χ1v) is 5.93. The third-order valence-electron chi connectivity index (χ3n) is 2.71. The molecule has 16 heavy (non-hydrogen) atoms. The van der Waals surface area contributed by atoms with E-state index in [1.165, 1.54) is 6.42 Å². The third-order valence-corrected chi connectivity index (χ3v) is 2.71. The lowest BCUT2D eigenvalue weighted by molar-refractivity contribution is 0.339. The molecule has 2 heterocycles. The molecule has 0 aliphatic carbocycles. The third kappa shape index (κ3) is 2.85. The van der Waals surface area contributed by atoms with Crippen molar-refractivity contribution in [3.05, 3.63) is 18.5 Å². The van der Waals surface area contributed by atoms with Crippen LogP contribution in [0, 0.1) is 0 Å². The first-order valence-electron chi connectivity index (χ1n) is 5.93. The van der Waals surface area contributed by atoms with Gasteiger partial charge in [-0.3, -0.25) is 4.98 Å². The van der Waals surface area contributed by atoms with E-state index in [2.05, 4.69) is 21.3 Å². The Hall–Kier alpha value is -1.29. The first kappa shape index (κ1) is 11.2. The van der Waals surface area contributed by atoms with E-state index < -0.39 is 0 Å². The maximum absolute atomic E-state index is 5.46. The van der Waals surface area contributed by atoms with E-state index in [4.69, 9.17) is 4.74 Å². The first-order chi connectivity index (χ1) is 7.90. The lowest BCUT2D eigenvalue weighted by atomic mass is 10.3. The van der Waals surface area contributed by atoms with E-state index in [9.17, 15) is 0 Å². The molecule has 1 N–H and O–H groups in total. The Bertz CT molecular complexity index is 322. The molecule has 0 amide bonds. The van der Waals surface area contributed by atoms with Gasteiger partial charge >= 0.3 is 0 Å². The smallest absolute Gasteiger partial charge is 0.139 e. The summed E-state index contributed by atoms with van der Waals surface area (Å²) in [5.41, 5.74) is 1.16. The fourth-order valence-corrected chi connectivity index (χ4v) is 1.93. The molecule has 1 aliphatic rings. The number of nitrogens with one attached hydrogen (secondary N) is 1. The molecular weight excluding hydrogens is 202 g/mol. The topological polar surface area (TPSA) is 37.4 Å². The number of ether oxygens (including phenoxy) is 1. The monoisotopic (exact) mass is 221 g/mol. The highest BCUT2D eigenvalue weighted by molar-refractivity contribution is 5.48. The van der Waals surface area contributed by atoms with Crippen LogP contribution in [-0.2, 0) is 0 Å². The van der Waals surface area contributed by atoms with Crippen molar-refractivity contribution in [1.29, 1.82) is 0 Å². The zero-order valence-electron chi connectivity index (χ0n) is 9.78. The highest BCUT2D eigenvalue weighted by Gasteiger charge is 2.10. The molecule has 1 aliphatic heterocycles. The van der Waals surface area contributed by atoms with Crippen LogP contribution in [0.15, 0.2) is 18.5 Å². The van der Waals surface area contributed by atoms with Crippen LogP contribution in [-0.4, -0.2) is 37.8 Å². The van der Waals surface area contributed by atoms with Crippen LogP contribution < -0.4 is 15.0 Å². The Balaban J connectivity index is 2.08. The number of anilines is 1. The quantitative estimate of drug-likeness (QED) is 0.834. The maximum Gasteiger partial charge on any atom is 0.139 e. The SMILES string of the molecule is CCOc1cncc(N2CCCNCC2)c1. The van der Waals surface area contributed by atoms with Gasteiger partial charge in [-0.2, -0.15) is 0 Å². The summed E-state index contributed by atoms with van der Waals surface area (Å²) in [5.74, 6) is 0.859. The van der Waals surface area contributed by atoms with Crippen molar-refractivity contribution in [2.45, 2.75) is 13.3 Å². The van der Waals surface area contributed by atoms with Crippen molar-refractivity contribution in [3.8, 4) is 5.75 Å². The molecule has 88 valence electrons. The molecule has 1 aromatic heterocycles. The molecule has 2 rings (SSSR count). The number of aromatic nitrogens is 1. The highest BCUT2D eigenvalue weighted by atomic mass is 16.5. The van der Waals surface area contributed by atoms with Gasteiger partial charge in [0.2, 0.25) is 0 Å². The molecule has 1 fully saturated rings. The van der Waals surface area contributed by atoms with E-state index in [1.807, 2.05) is 13.1 Å². The normalized spacial score (nSPS) is 16.9. The second kappa shape index (κ2) is 5.70. The average molecular weight is 221 g/mol. The molecule has 0 bridgehead atoms. The Morgan fingerprint density at radius 3 is 3.19 bits per heavy atom. The van der Waals surface area contributed by atoms with Gasteiger partial charge in [-0.05, 0) is 19.9 Å². The molecule has 4 heteroatoms. The van der Waals surface area contributed by atoms with Crippen LogP contribution in [0.2, 0.25) is 0 Å². The van der Waals surface area contributed by atoms with Gasteiger partial charge in [0.05, 0.1) is 24.7 Å². The molecule has 4 nitrogen and oxygen atoms in total. The summed E-state index contributed by atoms with van der Waals surface area (Å²) in [5, 5.41) is 3.39. The summed E-state index contributed by atoms with van der Waals surface area (Å²) in [7, 11) is 0. The van der Waals surface area contributed by atoms with E-state index >= 15 is 0 Å². The second-order valence-corrected chi connectivity index (χ2v) is 3.90. The minimum Gasteiger partial charge on any atom is -0.492 e. The Morgan fingerprint density at radius 2 is 2.31 bits per heavy atom. The van der Waals surface area contributed by atoms with Gasteiger partial charge in [-0.15, -0.1) is 0 Å². The maximum atomic E-state index is 5.46. The molecule has 0 aromatic carbocycles. The molecule has 0 spiro atoms. The van der Waals surface area contributed by atoms with E-state index in [0.29, 0.717) is 6.61 Å². The Kier molecular flexibility index (Phi) is 3.99. The van der Waals surface area contributed by atoms with Crippen molar-refractivity contribution >= 4 is 5.69 Å². The molecule has 0 atom stereocenters. The van der Waals surface area contributed by atoms with Crippen molar-refractivity contribution in [1.82, 2.24) is 10.3 Å². The van der Waals surface area contributed by atoms with Gasteiger partial charge in [-0.25, -0.2) is 0 Å².